The summed E-state index contributed by atoms with van der Waals surface area (Å²) in [6.07, 6.45) is 0. The first-order chi connectivity index (χ1) is 14.0. The van der Waals surface area contributed by atoms with Crippen LogP contribution in [0, 0.1) is 5.92 Å². The zero-order valence-electron chi connectivity index (χ0n) is 16.1. The van der Waals surface area contributed by atoms with Crippen molar-refractivity contribution in [1.82, 2.24) is 15.5 Å². The molecule has 152 valence electrons. The van der Waals surface area contributed by atoms with E-state index in [1.165, 1.54) is 0 Å². The first kappa shape index (κ1) is 21.1. The number of nitrogens with one attached hydrogen (secondary N) is 2. The number of nitrogens with zero attached hydrogens (tertiary/aromatic N) is 2. The molecule has 0 spiro atoms. The molecule has 0 aliphatic heterocycles. The van der Waals surface area contributed by atoms with Crippen molar-refractivity contribution in [2.45, 2.75) is 26.5 Å². The van der Waals surface area contributed by atoms with Crippen LogP contribution < -0.4 is 10.6 Å². The lowest BCUT2D eigenvalue weighted by Crippen LogP contribution is -2.33. The van der Waals surface area contributed by atoms with Gasteiger partial charge in [-0.05, 0) is 29.5 Å². The van der Waals surface area contributed by atoms with E-state index in [2.05, 4.69) is 34.7 Å². The van der Waals surface area contributed by atoms with E-state index in [1.807, 2.05) is 35.7 Å². The predicted octanol–water partition coefficient (Wildman–Crippen LogP) is 3.88. The first-order valence-corrected chi connectivity index (χ1v) is 10.8. The number of thiophene rings is 1. The molecule has 2 amide bonds. The van der Waals surface area contributed by atoms with Crippen LogP contribution in [0.3, 0.4) is 0 Å². The number of amides is 2. The largest absolute Gasteiger partial charge is 0.364 e. The van der Waals surface area contributed by atoms with Crippen molar-refractivity contribution in [2.24, 2.45) is 5.92 Å². The maximum Gasteiger partial charge on any atom is 0.286 e. The molecule has 9 heteroatoms. The molecule has 1 aromatic carbocycles. The van der Waals surface area contributed by atoms with Gasteiger partial charge in [0, 0.05) is 10.6 Å². The Kier molecular flexibility index (Phi) is 7.45. The zero-order chi connectivity index (χ0) is 20.6. The van der Waals surface area contributed by atoms with Crippen LogP contribution in [0.15, 0.2) is 47.8 Å². The Balaban J connectivity index is 1.46. The molecule has 2 aromatic heterocycles. The van der Waals surface area contributed by atoms with Gasteiger partial charge in [0.05, 0.1) is 6.04 Å². The Hall–Kier alpha value is -2.62. The number of hydrogen-bond acceptors (Lipinski definition) is 7. The Morgan fingerprint density at radius 2 is 1.90 bits per heavy atom. The highest BCUT2D eigenvalue weighted by atomic mass is 32.1. The molecule has 0 saturated carbocycles. The molecule has 0 aliphatic carbocycles. The molecule has 29 heavy (non-hydrogen) atoms. The standard InChI is InChI=1S/C20H22N4O3S2/c1-13(2)18(15-9-6-10-28-15)22-16(25)11-27-12-17-23-24-20(29-17)19(26)21-14-7-4-3-5-8-14/h3-10,13,18H,11-12H2,1-2H3,(H,21,26)(H,22,25)/t18-/m1/s1. The lowest BCUT2D eigenvalue weighted by molar-refractivity contribution is -0.127. The predicted molar refractivity (Wildman–Crippen MR) is 114 cm³/mol. The third kappa shape index (κ3) is 6.18. The van der Waals surface area contributed by atoms with E-state index in [-0.39, 0.29) is 42.0 Å². The molecule has 0 saturated heterocycles. The number of rotatable bonds is 9. The lowest BCUT2D eigenvalue weighted by atomic mass is 10.0. The second kappa shape index (κ2) is 10.2. The van der Waals surface area contributed by atoms with Crippen molar-refractivity contribution in [3.05, 3.63) is 62.7 Å². The van der Waals surface area contributed by atoms with E-state index in [1.54, 1.807) is 23.5 Å². The summed E-state index contributed by atoms with van der Waals surface area (Å²) < 4.78 is 5.46. The summed E-state index contributed by atoms with van der Waals surface area (Å²) in [7, 11) is 0. The van der Waals surface area contributed by atoms with Gasteiger partial charge in [0.2, 0.25) is 10.9 Å². The quantitative estimate of drug-likeness (QED) is 0.537. The van der Waals surface area contributed by atoms with E-state index < -0.39 is 0 Å². The molecule has 3 rings (SSSR count). The molecular weight excluding hydrogens is 408 g/mol. The van der Waals surface area contributed by atoms with Gasteiger partial charge in [0.25, 0.3) is 5.91 Å². The summed E-state index contributed by atoms with van der Waals surface area (Å²) in [5.74, 6) is -0.247. The van der Waals surface area contributed by atoms with Crippen molar-refractivity contribution < 1.29 is 14.3 Å². The topological polar surface area (TPSA) is 93.2 Å². The molecule has 0 radical (unpaired) electrons. The molecule has 2 N–H and O–H groups in total. The van der Waals surface area contributed by atoms with Gasteiger partial charge in [-0.15, -0.1) is 21.5 Å². The van der Waals surface area contributed by atoms with E-state index in [9.17, 15) is 9.59 Å². The highest BCUT2D eigenvalue weighted by Gasteiger charge is 2.19. The molecule has 1 atom stereocenters. The van der Waals surface area contributed by atoms with Crippen LogP contribution >= 0.6 is 22.7 Å². The molecule has 0 unspecified atom stereocenters. The first-order valence-electron chi connectivity index (χ1n) is 9.12. The van der Waals surface area contributed by atoms with Crippen molar-refractivity contribution in [1.29, 1.82) is 0 Å². The molecule has 0 aliphatic rings. The fraction of sp³-hybridized carbons (Fsp3) is 0.300. The number of aromatic nitrogens is 2. The van der Waals surface area contributed by atoms with E-state index in [4.69, 9.17) is 4.74 Å². The summed E-state index contributed by atoms with van der Waals surface area (Å²) in [5, 5.41) is 16.4. The lowest BCUT2D eigenvalue weighted by Gasteiger charge is -2.21. The van der Waals surface area contributed by atoms with Gasteiger partial charge in [-0.2, -0.15) is 0 Å². The van der Waals surface area contributed by atoms with Crippen molar-refractivity contribution in [3.63, 3.8) is 0 Å². The van der Waals surface area contributed by atoms with Gasteiger partial charge in [0.15, 0.2) is 0 Å². The minimum absolute atomic E-state index is 0.0408. The Morgan fingerprint density at radius 3 is 2.59 bits per heavy atom. The highest BCUT2D eigenvalue weighted by molar-refractivity contribution is 7.13. The smallest absolute Gasteiger partial charge is 0.286 e. The van der Waals surface area contributed by atoms with Crippen LogP contribution in [0.2, 0.25) is 0 Å². The maximum absolute atomic E-state index is 12.2. The Bertz CT molecular complexity index is 926. The number of ether oxygens (including phenoxy) is 1. The number of carbonyl (C=O) groups is 2. The molecule has 7 nitrogen and oxygen atoms in total. The summed E-state index contributed by atoms with van der Waals surface area (Å²) >= 11 is 2.76. The normalized spacial score (nSPS) is 12.0. The van der Waals surface area contributed by atoms with Crippen LogP contribution in [0.1, 0.15) is 39.6 Å². The van der Waals surface area contributed by atoms with E-state index in [0.29, 0.717) is 10.7 Å². The van der Waals surface area contributed by atoms with Crippen LogP contribution in [-0.2, 0) is 16.1 Å². The second-order valence-electron chi connectivity index (χ2n) is 6.62. The fourth-order valence-electron chi connectivity index (χ4n) is 2.59. The number of anilines is 1. The van der Waals surface area contributed by atoms with Crippen molar-refractivity contribution >= 4 is 40.2 Å². The van der Waals surface area contributed by atoms with E-state index in [0.717, 1.165) is 16.2 Å². The average Bonchev–Trinajstić information content (AvgIpc) is 3.39. The summed E-state index contributed by atoms with van der Waals surface area (Å²) in [5.41, 5.74) is 0.688. The van der Waals surface area contributed by atoms with Crippen LogP contribution in [0.4, 0.5) is 5.69 Å². The fourth-order valence-corrected chi connectivity index (χ4v) is 4.21. The van der Waals surface area contributed by atoms with Crippen LogP contribution in [0.25, 0.3) is 0 Å². The third-order valence-corrected chi connectivity index (χ3v) is 5.84. The zero-order valence-corrected chi connectivity index (χ0v) is 17.8. The average molecular weight is 431 g/mol. The van der Waals surface area contributed by atoms with Crippen LogP contribution in [0.5, 0.6) is 0 Å². The summed E-state index contributed by atoms with van der Waals surface area (Å²) in [6.45, 7) is 4.17. The van der Waals surface area contributed by atoms with Gasteiger partial charge in [0.1, 0.15) is 18.2 Å². The molecule has 0 bridgehead atoms. The van der Waals surface area contributed by atoms with E-state index >= 15 is 0 Å². The van der Waals surface area contributed by atoms with Gasteiger partial charge in [-0.1, -0.05) is 49.4 Å². The molecule has 3 aromatic rings. The number of para-hydroxylation sites is 1. The second-order valence-corrected chi connectivity index (χ2v) is 8.66. The highest BCUT2D eigenvalue weighted by Crippen LogP contribution is 2.25. The maximum atomic E-state index is 12.2. The molecule has 2 heterocycles. The van der Waals surface area contributed by atoms with Gasteiger partial charge in [-0.25, -0.2) is 0 Å². The third-order valence-electron chi connectivity index (χ3n) is 3.98. The Labute approximate surface area is 177 Å². The minimum atomic E-state index is -0.326. The minimum Gasteiger partial charge on any atom is -0.364 e. The SMILES string of the molecule is CC(C)[C@@H](NC(=O)COCc1nnc(C(=O)Nc2ccccc2)s1)c1cccs1. The van der Waals surface area contributed by atoms with Crippen molar-refractivity contribution in [3.8, 4) is 0 Å². The van der Waals surface area contributed by atoms with Gasteiger partial charge in [-0.3, -0.25) is 9.59 Å². The number of carbonyl (C=O) groups excluding carboxylic acids is 2. The number of benzene rings is 1. The van der Waals surface area contributed by atoms with Gasteiger partial charge >= 0.3 is 0 Å². The van der Waals surface area contributed by atoms with Crippen LogP contribution in [-0.4, -0.2) is 28.6 Å². The number of hydrogen-bond donors (Lipinski definition) is 2. The van der Waals surface area contributed by atoms with Crippen molar-refractivity contribution in [2.75, 3.05) is 11.9 Å². The summed E-state index contributed by atoms with van der Waals surface area (Å²) in [6, 6.07) is 13.1. The van der Waals surface area contributed by atoms with Gasteiger partial charge < -0.3 is 15.4 Å². The monoisotopic (exact) mass is 430 g/mol. The summed E-state index contributed by atoms with van der Waals surface area (Å²) in [4.78, 5) is 25.5. The Morgan fingerprint density at radius 1 is 1.10 bits per heavy atom. The molecular formula is C20H22N4O3S2. The molecule has 0 fully saturated rings.